The molecule has 0 radical (unpaired) electrons. The number of imidazole rings is 1. The number of piperazine rings is 1. The Bertz CT molecular complexity index is 1400. The second kappa shape index (κ2) is 9.34. The van der Waals surface area contributed by atoms with Gasteiger partial charge in [0.2, 0.25) is 5.43 Å². The van der Waals surface area contributed by atoms with Gasteiger partial charge in [0, 0.05) is 57.3 Å². The Labute approximate surface area is 205 Å². The van der Waals surface area contributed by atoms with Gasteiger partial charge in [0.05, 0.1) is 18.3 Å². The number of esters is 1. The van der Waals surface area contributed by atoms with E-state index < -0.39 is 22.1 Å². The first-order chi connectivity index (χ1) is 17.3. The third-order valence-electron chi connectivity index (χ3n) is 7.02. The molecule has 1 saturated carbocycles. The number of rotatable bonds is 7. The first-order valence-electron chi connectivity index (χ1n) is 11.9. The number of carbonyl (C=O) groups excluding carboxylic acids is 1. The maximum absolute atomic E-state index is 15.2. The normalized spacial score (nSPS) is 16.5. The van der Waals surface area contributed by atoms with Crippen molar-refractivity contribution >= 4 is 28.4 Å². The van der Waals surface area contributed by atoms with Crippen LogP contribution < -0.4 is 10.3 Å². The Morgan fingerprint density at radius 1 is 1.22 bits per heavy atom. The number of pyridine rings is 1. The fourth-order valence-electron chi connectivity index (χ4n) is 4.84. The number of benzene rings is 1. The molecule has 2 fully saturated rings. The Kier molecular flexibility index (Phi) is 6.20. The van der Waals surface area contributed by atoms with Gasteiger partial charge in [-0.2, -0.15) is 0 Å². The van der Waals surface area contributed by atoms with Gasteiger partial charge < -0.3 is 24.3 Å². The number of hydrogen-bond donors (Lipinski definition) is 0. The standard InChI is InChI=1S/C24H27FN6O5/c1-15-26-13-22(31(34)35)29(15)10-7-27-5-8-28(9-6-27)21-12-20-17(11-19(21)25)23(32)18(24(33)36-2)14-30(20)16-3-4-16/h11-14,16H,3-10H2,1-2H3. The zero-order valence-electron chi connectivity index (χ0n) is 20.1. The summed E-state index contributed by atoms with van der Waals surface area (Å²) in [5.74, 6) is -0.674. The lowest BCUT2D eigenvalue weighted by molar-refractivity contribution is -0.392. The number of aromatic nitrogens is 3. The zero-order valence-corrected chi connectivity index (χ0v) is 20.1. The SMILES string of the molecule is COC(=O)c1cn(C2CC2)c2cc(N3CCN(CCn4c([N+](=O)[O-])cnc4C)CC3)c(F)cc2c1=O. The number of ether oxygens (including phenoxy) is 1. The summed E-state index contributed by atoms with van der Waals surface area (Å²) in [6.07, 6.45) is 4.66. The summed E-state index contributed by atoms with van der Waals surface area (Å²) in [5, 5.41) is 11.4. The van der Waals surface area contributed by atoms with E-state index in [4.69, 9.17) is 4.74 Å². The molecule has 190 valence electrons. The van der Waals surface area contributed by atoms with Crippen LogP contribution in [0.1, 0.15) is 35.1 Å². The molecule has 1 aliphatic carbocycles. The molecule has 1 aromatic carbocycles. The van der Waals surface area contributed by atoms with Crippen molar-refractivity contribution in [3.63, 3.8) is 0 Å². The fraction of sp³-hybridized carbons (Fsp3) is 0.458. The zero-order chi connectivity index (χ0) is 25.6. The van der Waals surface area contributed by atoms with Gasteiger partial charge in [-0.25, -0.2) is 18.7 Å². The molecular formula is C24H27FN6O5. The summed E-state index contributed by atoms with van der Waals surface area (Å²) in [7, 11) is 1.22. The summed E-state index contributed by atoms with van der Waals surface area (Å²) < 4.78 is 23.5. The minimum absolute atomic E-state index is 0.0264. The molecule has 11 nitrogen and oxygen atoms in total. The number of fused-ring (bicyclic) bond motifs is 1. The predicted molar refractivity (Wildman–Crippen MR) is 130 cm³/mol. The van der Waals surface area contributed by atoms with E-state index in [0.29, 0.717) is 56.3 Å². The highest BCUT2D eigenvalue weighted by atomic mass is 19.1. The van der Waals surface area contributed by atoms with Crippen molar-refractivity contribution in [2.24, 2.45) is 0 Å². The average molecular weight is 499 g/mol. The van der Waals surface area contributed by atoms with Crippen LogP contribution in [0.2, 0.25) is 0 Å². The number of halogens is 1. The Morgan fingerprint density at radius 3 is 2.58 bits per heavy atom. The smallest absolute Gasteiger partial charge is 0.343 e. The molecule has 5 rings (SSSR count). The van der Waals surface area contributed by atoms with Crippen LogP contribution in [0, 0.1) is 22.9 Å². The van der Waals surface area contributed by atoms with Crippen molar-refractivity contribution in [3.05, 3.63) is 62.1 Å². The van der Waals surface area contributed by atoms with E-state index in [-0.39, 0.29) is 22.8 Å². The van der Waals surface area contributed by atoms with E-state index >= 15 is 4.39 Å². The van der Waals surface area contributed by atoms with Crippen molar-refractivity contribution in [3.8, 4) is 0 Å². The second-order valence-corrected chi connectivity index (χ2v) is 9.22. The topological polar surface area (TPSA) is 116 Å². The van der Waals surface area contributed by atoms with Gasteiger partial charge in [0.15, 0.2) is 5.82 Å². The maximum atomic E-state index is 15.2. The lowest BCUT2D eigenvalue weighted by Crippen LogP contribution is -2.47. The molecule has 0 spiro atoms. The van der Waals surface area contributed by atoms with Crippen molar-refractivity contribution in [2.45, 2.75) is 32.4 Å². The number of aryl methyl sites for hydroxylation is 1. The van der Waals surface area contributed by atoms with Gasteiger partial charge >= 0.3 is 11.8 Å². The van der Waals surface area contributed by atoms with Gasteiger partial charge in [-0.15, -0.1) is 0 Å². The largest absolute Gasteiger partial charge is 0.465 e. The van der Waals surface area contributed by atoms with Gasteiger partial charge in [-0.3, -0.25) is 9.69 Å². The van der Waals surface area contributed by atoms with Crippen LogP contribution in [0.25, 0.3) is 10.9 Å². The number of carbonyl (C=O) groups is 1. The van der Waals surface area contributed by atoms with E-state index in [1.807, 2.05) is 9.47 Å². The summed E-state index contributed by atoms with van der Waals surface area (Å²) in [6.45, 7) is 5.27. The molecule has 0 unspecified atom stereocenters. The number of hydrogen-bond acceptors (Lipinski definition) is 8. The number of methoxy groups -OCH3 is 1. The van der Waals surface area contributed by atoms with Crippen molar-refractivity contribution in [2.75, 3.05) is 44.7 Å². The number of anilines is 1. The Hall–Kier alpha value is -3.80. The van der Waals surface area contributed by atoms with Crippen LogP contribution in [0.4, 0.5) is 15.9 Å². The molecule has 0 N–H and O–H groups in total. The highest BCUT2D eigenvalue weighted by Gasteiger charge is 2.29. The van der Waals surface area contributed by atoms with Gasteiger partial charge in [-0.05, 0) is 29.9 Å². The number of nitro groups is 1. The quantitative estimate of drug-likeness (QED) is 0.277. The monoisotopic (exact) mass is 498 g/mol. The van der Waals surface area contributed by atoms with Gasteiger partial charge in [-0.1, -0.05) is 0 Å². The van der Waals surface area contributed by atoms with E-state index in [1.165, 1.54) is 25.6 Å². The van der Waals surface area contributed by atoms with Crippen LogP contribution in [0.5, 0.6) is 0 Å². The molecule has 2 aliphatic rings. The second-order valence-electron chi connectivity index (χ2n) is 9.22. The summed E-state index contributed by atoms with van der Waals surface area (Å²) in [4.78, 5) is 44.0. The van der Waals surface area contributed by atoms with E-state index in [9.17, 15) is 19.7 Å². The molecule has 2 aromatic heterocycles. The molecule has 0 amide bonds. The molecule has 0 atom stereocenters. The highest BCUT2D eigenvalue weighted by molar-refractivity contribution is 5.94. The third-order valence-corrected chi connectivity index (χ3v) is 7.02. The number of nitrogens with zero attached hydrogens (tertiary/aromatic N) is 6. The van der Waals surface area contributed by atoms with Crippen LogP contribution >= 0.6 is 0 Å². The van der Waals surface area contributed by atoms with Crippen LogP contribution in [-0.4, -0.2) is 69.7 Å². The average Bonchev–Trinajstić information content (AvgIpc) is 3.64. The Morgan fingerprint density at radius 2 is 1.94 bits per heavy atom. The van der Waals surface area contributed by atoms with Crippen molar-refractivity contribution < 1.29 is 18.8 Å². The van der Waals surface area contributed by atoms with E-state index in [0.717, 1.165) is 12.8 Å². The molecule has 3 heterocycles. The van der Waals surface area contributed by atoms with Crippen LogP contribution in [0.3, 0.4) is 0 Å². The minimum atomic E-state index is -0.729. The van der Waals surface area contributed by atoms with E-state index in [1.54, 1.807) is 17.6 Å². The molecule has 12 heteroatoms. The third kappa shape index (κ3) is 4.32. The summed E-state index contributed by atoms with van der Waals surface area (Å²) in [6, 6.07) is 3.10. The predicted octanol–water partition coefficient (Wildman–Crippen LogP) is 2.50. The lowest BCUT2D eigenvalue weighted by Gasteiger charge is -2.36. The molecule has 3 aromatic rings. The molecule has 1 aliphatic heterocycles. The molecule has 36 heavy (non-hydrogen) atoms. The maximum Gasteiger partial charge on any atom is 0.343 e. The minimum Gasteiger partial charge on any atom is -0.465 e. The molecule has 0 bridgehead atoms. The summed E-state index contributed by atoms with van der Waals surface area (Å²) >= 11 is 0. The van der Waals surface area contributed by atoms with Crippen molar-refractivity contribution in [1.29, 1.82) is 0 Å². The van der Waals surface area contributed by atoms with Crippen LogP contribution in [0.15, 0.2) is 29.3 Å². The summed E-state index contributed by atoms with van der Waals surface area (Å²) in [5.41, 5.74) is 0.402. The molecular weight excluding hydrogens is 471 g/mol. The lowest BCUT2D eigenvalue weighted by atomic mass is 10.1. The highest BCUT2D eigenvalue weighted by Crippen LogP contribution is 2.38. The Balaban J connectivity index is 1.35. The van der Waals surface area contributed by atoms with Gasteiger partial charge in [0.1, 0.15) is 24.1 Å². The van der Waals surface area contributed by atoms with Gasteiger partial charge in [0.25, 0.3) is 0 Å². The molecule has 1 saturated heterocycles. The fourth-order valence-corrected chi connectivity index (χ4v) is 4.84. The van der Waals surface area contributed by atoms with Crippen LogP contribution in [-0.2, 0) is 11.3 Å². The first-order valence-corrected chi connectivity index (χ1v) is 11.9. The first kappa shape index (κ1) is 23.9. The van der Waals surface area contributed by atoms with Crippen molar-refractivity contribution in [1.82, 2.24) is 19.0 Å². The van der Waals surface area contributed by atoms with E-state index in [2.05, 4.69) is 9.88 Å².